The number of rotatable bonds is 7. The van der Waals surface area contributed by atoms with Crippen molar-refractivity contribution in [3.05, 3.63) is 66.1 Å². The number of imidazole rings is 1. The van der Waals surface area contributed by atoms with Gasteiger partial charge in [0.2, 0.25) is 5.95 Å². The number of aromatic nitrogens is 6. The maximum Gasteiger partial charge on any atom is 0.316 e. The van der Waals surface area contributed by atoms with Crippen LogP contribution in [0.3, 0.4) is 0 Å². The average Bonchev–Trinajstić information content (AvgIpc) is 3.37. The molecule has 5 aromatic rings. The third-order valence-electron chi connectivity index (χ3n) is 5.15. The molecule has 0 saturated heterocycles. The third-order valence-corrected chi connectivity index (χ3v) is 5.15. The fourth-order valence-electron chi connectivity index (χ4n) is 3.70. The Balaban J connectivity index is 1.62. The van der Waals surface area contributed by atoms with Crippen LogP contribution < -0.4 is 10.1 Å². The van der Waals surface area contributed by atoms with E-state index in [1.807, 2.05) is 0 Å². The number of hydrogen-bond donors (Lipinski definition) is 1. The first-order valence-corrected chi connectivity index (χ1v) is 10.1. The Morgan fingerprint density at radius 1 is 1.00 bits per heavy atom. The van der Waals surface area contributed by atoms with E-state index in [9.17, 15) is 17.6 Å². The van der Waals surface area contributed by atoms with Crippen LogP contribution in [0.1, 0.15) is 5.56 Å². The summed E-state index contributed by atoms with van der Waals surface area (Å²) in [7, 11) is 1.47. The lowest BCUT2D eigenvalue weighted by molar-refractivity contribution is 0.163. The number of benzene rings is 1. The number of anilines is 1. The minimum absolute atomic E-state index is 0.0192. The van der Waals surface area contributed by atoms with E-state index in [4.69, 9.17) is 4.74 Å². The fraction of sp³-hybridized carbons (Fsp3) is 0.182. The molecule has 0 spiro atoms. The van der Waals surface area contributed by atoms with Crippen LogP contribution in [0.15, 0.2) is 48.9 Å². The summed E-state index contributed by atoms with van der Waals surface area (Å²) in [4.78, 5) is 17.1. The van der Waals surface area contributed by atoms with Crippen molar-refractivity contribution >= 4 is 28.1 Å². The van der Waals surface area contributed by atoms with Crippen LogP contribution >= 0.6 is 0 Å². The first-order chi connectivity index (χ1) is 16.4. The van der Waals surface area contributed by atoms with Crippen molar-refractivity contribution in [2.75, 3.05) is 19.0 Å². The number of hydrogen-bond acceptors (Lipinski definition) is 6. The van der Waals surface area contributed by atoms with Gasteiger partial charge in [-0.05, 0) is 29.8 Å². The number of ether oxygens (including phenoxy) is 1. The first-order valence-electron chi connectivity index (χ1n) is 10.1. The van der Waals surface area contributed by atoms with Crippen molar-refractivity contribution in [1.29, 1.82) is 0 Å². The molecule has 4 heterocycles. The molecule has 12 heteroatoms. The van der Waals surface area contributed by atoms with E-state index in [0.29, 0.717) is 27.8 Å². The van der Waals surface area contributed by atoms with Gasteiger partial charge < -0.3 is 19.2 Å². The zero-order chi connectivity index (χ0) is 23.8. The van der Waals surface area contributed by atoms with Crippen molar-refractivity contribution in [3.8, 4) is 11.7 Å². The van der Waals surface area contributed by atoms with Crippen molar-refractivity contribution < 1.29 is 22.3 Å². The average molecular weight is 471 g/mol. The molecule has 0 unspecified atom stereocenters. The molecule has 0 aliphatic carbocycles. The number of fused-ring (bicyclic) bond motifs is 2. The number of methoxy groups -OCH3 is 1. The Kier molecular flexibility index (Phi) is 5.48. The van der Waals surface area contributed by atoms with E-state index in [2.05, 4.69) is 25.3 Å². The summed E-state index contributed by atoms with van der Waals surface area (Å²) >= 11 is 0. The van der Waals surface area contributed by atoms with E-state index >= 15 is 0 Å². The number of nitrogens with one attached hydrogen (secondary N) is 1. The number of pyridine rings is 1. The fourth-order valence-corrected chi connectivity index (χ4v) is 3.70. The lowest BCUT2D eigenvalue weighted by Gasteiger charge is -2.12. The third kappa shape index (κ3) is 4.09. The van der Waals surface area contributed by atoms with Crippen LogP contribution in [-0.4, -0.2) is 49.2 Å². The number of alkyl halides is 2. The minimum Gasteiger partial charge on any atom is -0.467 e. The summed E-state index contributed by atoms with van der Waals surface area (Å²) in [5.74, 6) is -1.38. The van der Waals surface area contributed by atoms with Gasteiger partial charge in [-0.1, -0.05) is 0 Å². The van der Waals surface area contributed by atoms with Gasteiger partial charge >= 0.3 is 6.01 Å². The molecular formula is C22H17F4N7O. The maximum absolute atomic E-state index is 13.8. The zero-order valence-corrected chi connectivity index (χ0v) is 17.7. The summed E-state index contributed by atoms with van der Waals surface area (Å²) in [5.41, 5.74) is 3.03. The van der Waals surface area contributed by atoms with Crippen LogP contribution in [0.5, 0.6) is 6.01 Å². The van der Waals surface area contributed by atoms with E-state index in [-0.39, 0.29) is 24.2 Å². The Labute approximate surface area is 189 Å². The molecule has 0 aliphatic rings. The highest BCUT2D eigenvalue weighted by Gasteiger charge is 2.16. The zero-order valence-electron chi connectivity index (χ0n) is 17.7. The van der Waals surface area contributed by atoms with Gasteiger partial charge in [-0.15, -0.1) is 0 Å². The Morgan fingerprint density at radius 3 is 2.53 bits per heavy atom. The van der Waals surface area contributed by atoms with Gasteiger partial charge in [0, 0.05) is 12.3 Å². The molecule has 1 aromatic carbocycles. The van der Waals surface area contributed by atoms with E-state index in [1.54, 1.807) is 39.9 Å². The van der Waals surface area contributed by atoms with Gasteiger partial charge in [0.15, 0.2) is 5.65 Å². The van der Waals surface area contributed by atoms with Crippen molar-refractivity contribution in [3.63, 3.8) is 0 Å². The van der Waals surface area contributed by atoms with Crippen LogP contribution in [-0.2, 0) is 6.54 Å². The largest absolute Gasteiger partial charge is 0.467 e. The van der Waals surface area contributed by atoms with Crippen LogP contribution in [0, 0.1) is 11.6 Å². The number of nitrogens with zero attached hydrogens (tertiary/aromatic N) is 6. The van der Waals surface area contributed by atoms with Crippen molar-refractivity contribution in [1.82, 2.24) is 29.1 Å². The lowest BCUT2D eigenvalue weighted by atomic mass is 10.2. The SMILES string of the molecule is COc1ncc2c(ccn2-c2cnc3nc(NCC(F)F)n(Cc4cc(F)cc(F)c4)c3c2)n1. The van der Waals surface area contributed by atoms with Gasteiger partial charge in [0.05, 0.1) is 54.8 Å². The first kappa shape index (κ1) is 21.6. The molecule has 34 heavy (non-hydrogen) atoms. The predicted molar refractivity (Wildman–Crippen MR) is 116 cm³/mol. The van der Waals surface area contributed by atoms with E-state index in [1.165, 1.54) is 19.2 Å². The molecule has 0 saturated carbocycles. The highest BCUT2D eigenvalue weighted by atomic mass is 19.3. The highest BCUT2D eigenvalue weighted by molar-refractivity contribution is 5.81. The molecule has 0 radical (unpaired) electrons. The Bertz CT molecular complexity index is 1480. The molecular weight excluding hydrogens is 454 g/mol. The molecule has 0 aliphatic heterocycles. The van der Waals surface area contributed by atoms with Gasteiger partial charge in [-0.3, -0.25) is 0 Å². The maximum atomic E-state index is 13.8. The number of halogens is 4. The van der Waals surface area contributed by atoms with Gasteiger partial charge in [0.1, 0.15) is 11.6 Å². The van der Waals surface area contributed by atoms with Gasteiger partial charge in [0.25, 0.3) is 6.43 Å². The second-order valence-corrected chi connectivity index (χ2v) is 7.42. The summed E-state index contributed by atoms with van der Waals surface area (Å²) in [6, 6.07) is 6.88. The van der Waals surface area contributed by atoms with Crippen LogP contribution in [0.2, 0.25) is 0 Å². The molecule has 1 N–H and O–H groups in total. The smallest absolute Gasteiger partial charge is 0.316 e. The van der Waals surface area contributed by atoms with Crippen LogP contribution in [0.25, 0.3) is 27.9 Å². The van der Waals surface area contributed by atoms with Crippen molar-refractivity contribution in [2.24, 2.45) is 0 Å². The molecule has 0 fully saturated rings. The van der Waals surface area contributed by atoms with Crippen LogP contribution in [0.4, 0.5) is 23.5 Å². The van der Waals surface area contributed by atoms with E-state index < -0.39 is 24.6 Å². The lowest BCUT2D eigenvalue weighted by Crippen LogP contribution is -2.15. The van der Waals surface area contributed by atoms with Gasteiger partial charge in [-0.25, -0.2) is 27.5 Å². The molecule has 4 aromatic heterocycles. The monoisotopic (exact) mass is 471 g/mol. The molecule has 174 valence electrons. The molecule has 5 rings (SSSR count). The standard InChI is InChI=1S/C22H17F4N7O/c1-34-22-29-9-18-16(30-22)2-3-32(18)15-7-17-20(27-8-15)31-21(28-10-19(25)26)33(17)11-12-4-13(23)6-14(24)5-12/h2-9,19H,10-11H2,1H3,(H,27,28,31). The van der Waals surface area contributed by atoms with Gasteiger partial charge in [-0.2, -0.15) is 9.97 Å². The predicted octanol–water partition coefficient (Wildman–Crippen LogP) is 4.18. The summed E-state index contributed by atoms with van der Waals surface area (Å²) in [5, 5.41) is 2.58. The molecule has 0 atom stereocenters. The summed E-state index contributed by atoms with van der Waals surface area (Å²) in [6.07, 6.45) is 2.34. The topological polar surface area (TPSA) is 82.7 Å². The Morgan fingerprint density at radius 2 is 1.79 bits per heavy atom. The molecule has 0 bridgehead atoms. The Hall–Kier alpha value is -4.22. The molecule has 0 amide bonds. The quantitative estimate of drug-likeness (QED) is 0.359. The second-order valence-electron chi connectivity index (χ2n) is 7.42. The summed E-state index contributed by atoms with van der Waals surface area (Å²) < 4.78 is 61.6. The second kappa shape index (κ2) is 8.61. The van der Waals surface area contributed by atoms with Crippen molar-refractivity contribution in [2.45, 2.75) is 13.0 Å². The minimum atomic E-state index is -2.62. The normalized spacial score (nSPS) is 11.6. The summed E-state index contributed by atoms with van der Waals surface area (Å²) in [6.45, 7) is -0.663. The van der Waals surface area contributed by atoms with E-state index in [0.717, 1.165) is 6.07 Å². The molecule has 8 nitrogen and oxygen atoms in total. The highest BCUT2D eigenvalue weighted by Crippen LogP contribution is 2.26.